The van der Waals surface area contributed by atoms with Gasteiger partial charge in [-0.1, -0.05) is 72.8 Å². The fraction of sp³-hybridized carbons (Fsp3) is 0.367. The van der Waals surface area contributed by atoms with E-state index >= 15 is 0 Å². The second-order valence-corrected chi connectivity index (χ2v) is 9.10. The first kappa shape index (κ1) is 28.5. The normalized spacial score (nSPS) is 22.7. The summed E-state index contributed by atoms with van der Waals surface area (Å²) < 4.78 is 34.5. The molecule has 0 aliphatic carbocycles. The highest BCUT2D eigenvalue weighted by molar-refractivity contribution is 5.67. The minimum atomic E-state index is -1.12. The van der Waals surface area contributed by atoms with Gasteiger partial charge < -0.3 is 38.8 Å². The van der Waals surface area contributed by atoms with Crippen molar-refractivity contribution in [2.24, 2.45) is 0 Å². The van der Waals surface area contributed by atoms with Gasteiger partial charge in [0.1, 0.15) is 36.8 Å². The van der Waals surface area contributed by atoms with Crippen molar-refractivity contribution in [2.45, 2.75) is 50.5 Å². The summed E-state index contributed by atoms with van der Waals surface area (Å²) in [5, 5.41) is 13.8. The van der Waals surface area contributed by atoms with Crippen molar-refractivity contribution in [2.75, 3.05) is 20.8 Å². The van der Waals surface area contributed by atoms with Crippen LogP contribution in [-0.4, -0.2) is 62.7 Å². The number of rotatable bonds is 12. The van der Waals surface area contributed by atoms with Crippen LogP contribution in [0.15, 0.2) is 84.9 Å². The second-order valence-electron chi connectivity index (χ2n) is 9.10. The van der Waals surface area contributed by atoms with Gasteiger partial charge in [0, 0.05) is 13.7 Å². The molecule has 2 N–H and O–H groups in total. The van der Waals surface area contributed by atoms with Gasteiger partial charge in [0.05, 0.1) is 20.3 Å². The number of ether oxygens (including phenoxy) is 6. The molecule has 4 rings (SSSR count). The van der Waals surface area contributed by atoms with Crippen molar-refractivity contribution in [1.29, 1.82) is 0 Å². The number of alkyl carbamates (subject to hydrolysis) is 1. The Labute approximate surface area is 228 Å². The number of hydrogen-bond acceptors (Lipinski definition) is 8. The van der Waals surface area contributed by atoms with Crippen LogP contribution in [-0.2, 0) is 43.5 Å². The number of methoxy groups -OCH3 is 2. The smallest absolute Gasteiger partial charge is 0.407 e. The molecule has 3 aromatic carbocycles. The fourth-order valence-corrected chi connectivity index (χ4v) is 4.28. The van der Waals surface area contributed by atoms with Crippen molar-refractivity contribution < 1.29 is 38.3 Å². The van der Waals surface area contributed by atoms with E-state index in [-0.39, 0.29) is 26.4 Å². The van der Waals surface area contributed by atoms with E-state index in [4.69, 9.17) is 28.4 Å². The van der Waals surface area contributed by atoms with Gasteiger partial charge in [0.15, 0.2) is 6.29 Å². The Morgan fingerprint density at radius 2 is 1.36 bits per heavy atom. The van der Waals surface area contributed by atoms with Crippen LogP contribution in [0.3, 0.4) is 0 Å². The van der Waals surface area contributed by atoms with Crippen molar-refractivity contribution >= 4 is 6.09 Å². The number of amides is 1. The molecule has 1 aliphatic heterocycles. The van der Waals surface area contributed by atoms with E-state index < -0.39 is 36.8 Å². The highest BCUT2D eigenvalue weighted by Gasteiger charge is 2.47. The van der Waals surface area contributed by atoms with Crippen LogP contribution in [0.1, 0.15) is 16.7 Å². The molecule has 1 heterocycles. The van der Waals surface area contributed by atoms with Gasteiger partial charge in [-0.05, 0) is 28.8 Å². The molecule has 5 atom stereocenters. The van der Waals surface area contributed by atoms with Crippen LogP contribution >= 0.6 is 0 Å². The van der Waals surface area contributed by atoms with Crippen molar-refractivity contribution in [1.82, 2.24) is 5.32 Å². The zero-order valence-corrected chi connectivity index (χ0v) is 22.1. The molecule has 0 spiro atoms. The zero-order chi connectivity index (χ0) is 27.5. The minimum absolute atomic E-state index is 0.0542. The van der Waals surface area contributed by atoms with Gasteiger partial charge in [-0.25, -0.2) is 4.79 Å². The number of nitrogens with one attached hydrogen (secondary N) is 1. The Hall–Kier alpha value is -3.47. The average Bonchev–Trinajstić information content (AvgIpc) is 2.99. The minimum Gasteiger partial charge on any atom is -0.497 e. The molecule has 1 aliphatic rings. The van der Waals surface area contributed by atoms with Crippen LogP contribution in [0.2, 0.25) is 0 Å². The van der Waals surface area contributed by atoms with E-state index in [0.717, 1.165) is 22.4 Å². The van der Waals surface area contributed by atoms with E-state index in [1.165, 1.54) is 7.11 Å². The van der Waals surface area contributed by atoms with E-state index in [2.05, 4.69) is 5.32 Å². The number of hydrogen-bond donors (Lipinski definition) is 2. The number of aliphatic hydroxyl groups excluding tert-OH is 1. The summed E-state index contributed by atoms with van der Waals surface area (Å²) in [4.78, 5) is 12.5. The summed E-state index contributed by atoms with van der Waals surface area (Å²) in [6, 6.07) is 26.5. The highest BCUT2D eigenvalue weighted by Crippen LogP contribution is 2.28. The lowest BCUT2D eigenvalue weighted by molar-refractivity contribution is -0.305. The monoisotopic (exact) mass is 537 g/mol. The first-order valence-corrected chi connectivity index (χ1v) is 12.8. The maximum Gasteiger partial charge on any atom is 0.407 e. The highest BCUT2D eigenvalue weighted by atomic mass is 16.7. The summed E-state index contributed by atoms with van der Waals surface area (Å²) >= 11 is 0. The second kappa shape index (κ2) is 14.6. The third-order valence-electron chi connectivity index (χ3n) is 6.39. The van der Waals surface area contributed by atoms with Gasteiger partial charge in [-0.3, -0.25) is 0 Å². The molecular weight excluding hydrogens is 502 g/mol. The van der Waals surface area contributed by atoms with Crippen LogP contribution in [0.4, 0.5) is 4.79 Å². The SMILES string of the molecule is COc1ccc(CO[C@H]2[C@H](OCc3ccccc3)[C@H](O)[C@H](OC)O[C@@H]2CNC(=O)OCc2ccccc2)cc1. The summed E-state index contributed by atoms with van der Waals surface area (Å²) in [6.45, 7) is 0.666. The molecule has 208 valence electrons. The van der Waals surface area contributed by atoms with Crippen LogP contribution < -0.4 is 10.1 Å². The Morgan fingerprint density at radius 1 is 0.795 bits per heavy atom. The predicted molar refractivity (Wildman–Crippen MR) is 143 cm³/mol. The molecule has 0 bridgehead atoms. The number of carbonyl (C=O) groups is 1. The molecular formula is C30H35NO8. The first-order valence-electron chi connectivity index (χ1n) is 12.8. The molecule has 1 saturated heterocycles. The van der Waals surface area contributed by atoms with E-state index in [1.807, 2.05) is 84.9 Å². The van der Waals surface area contributed by atoms with Crippen LogP contribution in [0.5, 0.6) is 5.75 Å². The molecule has 9 nitrogen and oxygen atoms in total. The Balaban J connectivity index is 1.46. The largest absolute Gasteiger partial charge is 0.497 e. The standard InChI is InChI=1S/C30H35NO8/c1-34-24-15-13-23(14-16-24)19-36-27-25(17-31-30(33)38-20-22-11-7-4-8-12-22)39-29(35-2)26(32)28(27)37-18-21-9-5-3-6-10-21/h3-16,25-29,32H,17-20H2,1-2H3,(H,31,33)/t25-,26+,27-,28-,29-/m1/s1. The zero-order valence-electron chi connectivity index (χ0n) is 22.1. The van der Waals surface area contributed by atoms with Gasteiger partial charge in [0.2, 0.25) is 0 Å². The maximum absolute atomic E-state index is 12.5. The lowest BCUT2D eigenvalue weighted by Gasteiger charge is -2.44. The fourth-order valence-electron chi connectivity index (χ4n) is 4.28. The average molecular weight is 538 g/mol. The first-order chi connectivity index (χ1) is 19.1. The molecule has 0 radical (unpaired) electrons. The lowest BCUT2D eigenvalue weighted by Crippen LogP contribution is -2.62. The van der Waals surface area contributed by atoms with Gasteiger partial charge in [-0.2, -0.15) is 0 Å². The quantitative estimate of drug-likeness (QED) is 0.359. The predicted octanol–water partition coefficient (Wildman–Crippen LogP) is 3.82. The van der Waals surface area contributed by atoms with Crippen LogP contribution in [0, 0.1) is 0 Å². The molecule has 39 heavy (non-hydrogen) atoms. The van der Waals surface area contributed by atoms with Gasteiger partial charge >= 0.3 is 6.09 Å². The van der Waals surface area contributed by atoms with Crippen molar-refractivity contribution in [3.8, 4) is 5.75 Å². The molecule has 9 heteroatoms. The Kier molecular flexibility index (Phi) is 10.7. The van der Waals surface area contributed by atoms with E-state index in [1.54, 1.807) is 7.11 Å². The topological polar surface area (TPSA) is 105 Å². The van der Waals surface area contributed by atoms with Gasteiger partial charge in [-0.15, -0.1) is 0 Å². The van der Waals surface area contributed by atoms with Crippen molar-refractivity contribution in [3.63, 3.8) is 0 Å². The third-order valence-corrected chi connectivity index (χ3v) is 6.39. The Bertz CT molecular complexity index is 1130. The number of benzene rings is 3. The summed E-state index contributed by atoms with van der Waals surface area (Å²) in [7, 11) is 3.05. The van der Waals surface area contributed by atoms with E-state index in [9.17, 15) is 9.90 Å². The third kappa shape index (κ3) is 8.26. The summed E-state index contributed by atoms with van der Waals surface area (Å²) in [5.74, 6) is 0.735. The van der Waals surface area contributed by atoms with Gasteiger partial charge in [0.25, 0.3) is 0 Å². The molecule has 3 aromatic rings. The lowest BCUT2D eigenvalue weighted by atomic mass is 9.97. The molecule has 1 amide bonds. The summed E-state index contributed by atoms with van der Waals surface area (Å²) in [6.07, 6.45) is -4.92. The van der Waals surface area contributed by atoms with Crippen molar-refractivity contribution in [3.05, 3.63) is 102 Å². The number of aliphatic hydroxyl groups is 1. The van der Waals surface area contributed by atoms with E-state index in [0.29, 0.717) is 0 Å². The molecule has 1 fully saturated rings. The number of carbonyl (C=O) groups excluding carboxylic acids is 1. The summed E-state index contributed by atoms with van der Waals surface area (Å²) in [5.41, 5.74) is 2.72. The molecule has 0 saturated carbocycles. The van der Waals surface area contributed by atoms with Crippen LogP contribution in [0.25, 0.3) is 0 Å². The Morgan fingerprint density at radius 3 is 1.95 bits per heavy atom. The maximum atomic E-state index is 12.5. The molecule has 0 aromatic heterocycles. The molecule has 0 unspecified atom stereocenters.